The predicted octanol–water partition coefficient (Wildman–Crippen LogP) is -0.0120. The van der Waals surface area contributed by atoms with E-state index in [-0.39, 0.29) is 6.42 Å². The Morgan fingerprint density at radius 3 is 2.60 bits per heavy atom. The van der Waals surface area contributed by atoms with Gasteiger partial charge in [-0.25, -0.2) is 0 Å². The zero-order valence-corrected chi connectivity index (χ0v) is 5.91. The third-order valence-electron chi connectivity index (χ3n) is 0.971. The molecule has 0 aromatic carbocycles. The lowest BCUT2D eigenvalue weighted by Gasteiger charge is -2.03. The lowest BCUT2D eigenvalue weighted by molar-refractivity contribution is -0.229. The van der Waals surface area contributed by atoms with Crippen molar-refractivity contribution in [2.75, 3.05) is 0 Å². The minimum atomic E-state index is -1.97. The summed E-state index contributed by atoms with van der Waals surface area (Å²) in [6, 6.07) is 0. The summed E-state index contributed by atoms with van der Waals surface area (Å²) >= 11 is 0. The summed E-state index contributed by atoms with van der Waals surface area (Å²) in [6.07, 6.45) is 1.84. The number of hydrogen-bond acceptors (Lipinski definition) is 4. The van der Waals surface area contributed by atoms with Crippen molar-refractivity contribution in [1.82, 2.24) is 0 Å². The molecule has 0 saturated heterocycles. The SMILES string of the molecule is CCCCC(=O)OC(O)O. The summed E-state index contributed by atoms with van der Waals surface area (Å²) in [5.41, 5.74) is 0. The maximum atomic E-state index is 10.5. The van der Waals surface area contributed by atoms with Crippen LogP contribution in [0.25, 0.3) is 0 Å². The van der Waals surface area contributed by atoms with Gasteiger partial charge in [-0.2, -0.15) is 0 Å². The molecule has 10 heavy (non-hydrogen) atoms. The van der Waals surface area contributed by atoms with Crippen molar-refractivity contribution in [2.45, 2.75) is 32.7 Å². The molecule has 0 aliphatic heterocycles. The third kappa shape index (κ3) is 5.53. The fraction of sp³-hybridized carbons (Fsp3) is 0.833. The lowest BCUT2D eigenvalue weighted by atomic mass is 10.3. The molecule has 4 heteroatoms. The monoisotopic (exact) mass is 148 g/mol. The van der Waals surface area contributed by atoms with Crippen molar-refractivity contribution in [3.8, 4) is 0 Å². The molecule has 0 unspecified atom stereocenters. The molecule has 0 spiro atoms. The van der Waals surface area contributed by atoms with Crippen LogP contribution in [-0.2, 0) is 9.53 Å². The highest BCUT2D eigenvalue weighted by molar-refractivity contribution is 5.69. The van der Waals surface area contributed by atoms with E-state index < -0.39 is 12.4 Å². The minimum Gasteiger partial charge on any atom is -0.411 e. The summed E-state index contributed by atoms with van der Waals surface area (Å²) in [4.78, 5) is 10.5. The second-order valence-electron chi connectivity index (χ2n) is 1.92. The van der Waals surface area contributed by atoms with Gasteiger partial charge in [0.05, 0.1) is 0 Å². The Labute approximate surface area is 59.4 Å². The van der Waals surface area contributed by atoms with Gasteiger partial charge in [-0.1, -0.05) is 13.3 Å². The highest BCUT2D eigenvalue weighted by atomic mass is 16.7. The van der Waals surface area contributed by atoms with E-state index in [4.69, 9.17) is 10.2 Å². The predicted molar refractivity (Wildman–Crippen MR) is 33.8 cm³/mol. The summed E-state index contributed by atoms with van der Waals surface area (Å²) in [6.45, 7) is -0.0350. The van der Waals surface area contributed by atoms with Gasteiger partial charge in [0.2, 0.25) is 0 Å². The van der Waals surface area contributed by atoms with Crippen molar-refractivity contribution in [3.05, 3.63) is 0 Å². The summed E-state index contributed by atoms with van der Waals surface area (Å²) in [5, 5.41) is 16.3. The minimum absolute atomic E-state index is 0.244. The van der Waals surface area contributed by atoms with Gasteiger partial charge in [-0.3, -0.25) is 4.79 Å². The van der Waals surface area contributed by atoms with Crippen LogP contribution >= 0.6 is 0 Å². The van der Waals surface area contributed by atoms with Crippen molar-refractivity contribution in [1.29, 1.82) is 0 Å². The number of aliphatic hydroxyl groups is 2. The molecule has 0 amide bonds. The van der Waals surface area contributed by atoms with E-state index in [0.717, 1.165) is 6.42 Å². The Morgan fingerprint density at radius 1 is 1.60 bits per heavy atom. The summed E-state index contributed by atoms with van der Waals surface area (Å²) in [7, 11) is 0. The van der Waals surface area contributed by atoms with Gasteiger partial charge in [0, 0.05) is 6.42 Å². The molecule has 2 N–H and O–H groups in total. The number of esters is 1. The summed E-state index contributed by atoms with van der Waals surface area (Å²) < 4.78 is 4.02. The van der Waals surface area contributed by atoms with Crippen LogP contribution in [0.4, 0.5) is 0 Å². The Balaban J connectivity index is 3.26. The molecule has 0 rings (SSSR count). The van der Waals surface area contributed by atoms with E-state index in [1.807, 2.05) is 6.92 Å². The number of unbranched alkanes of at least 4 members (excludes halogenated alkanes) is 1. The van der Waals surface area contributed by atoms with E-state index in [2.05, 4.69) is 4.74 Å². The maximum absolute atomic E-state index is 10.5. The van der Waals surface area contributed by atoms with Gasteiger partial charge < -0.3 is 14.9 Å². The molecule has 0 aliphatic rings. The molecule has 0 aromatic rings. The normalized spacial score (nSPS) is 10.0. The molecule has 0 aromatic heterocycles. The first-order valence-electron chi connectivity index (χ1n) is 3.22. The Morgan fingerprint density at radius 2 is 2.20 bits per heavy atom. The Kier molecular flexibility index (Phi) is 4.88. The van der Waals surface area contributed by atoms with Gasteiger partial charge in [-0.15, -0.1) is 0 Å². The van der Waals surface area contributed by atoms with Crippen molar-refractivity contribution >= 4 is 5.97 Å². The van der Waals surface area contributed by atoms with Crippen LogP contribution in [0.3, 0.4) is 0 Å². The van der Waals surface area contributed by atoms with Crippen molar-refractivity contribution in [3.63, 3.8) is 0 Å². The number of rotatable bonds is 4. The average molecular weight is 148 g/mol. The molecule has 4 nitrogen and oxygen atoms in total. The third-order valence-corrected chi connectivity index (χ3v) is 0.971. The van der Waals surface area contributed by atoms with Crippen LogP contribution in [0, 0.1) is 0 Å². The van der Waals surface area contributed by atoms with Crippen LogP contribution in [0.2, 0.25) is 0 Å². The molecule has 0 atom stereocenters. The van der Waals surface area contributed by atoms with E-state index in [9.17, 15) is 4.79 Å². The average Bonchev–Trinajstić information content (AvgIpc) is 1.82. The number of aliphatic hydroxyl groups excluding tert-OH is 1. The van der Waals surface area contributed by atoms with E-state index in [0.29, 0.717) is 6.42 Å². The van der Waals surface area contributed by atoms with Crippen LogP contribution in [-0.4, -0.2) is 22.7 Å². The second-order valence-corrected chi connectivity index (χ2v) is 1.92. The van der Waals surface area contributed by atoms with Crippen LogP contribution < -0.4 is 0 Å². The summed E-state index contributed by atoms with van der Waals surface area (Å²) in [5.74, 6) is -0.572. The van der Waals surface area contributed by atoms with Crippen LogP contribution in [0.15, 0.2) is 0 Å². The zero-order valence-electron chi connectivity index (χ0n) is 5.91. The molecule has 0 aliphatic carbocycles. The highest BCUT2D eigenvalue weighted by Gasteiger charge is 2.05. The van der Waals surface area contributed by atoms with Crippen molar-refractivity contribution in [2.24, 2.45) is 0 Å². The van der Waals surface area contributed by atoms with Crippen LogP contribution in [0.1, 0.15) is 26.2 Å². The standard InChI is InChI=1S/C6H12O4/c1-2-3-4-5(7)10-6(8)9/h6,8-9H,2-4H2,1H3. The topological polar surface area (TPSA) is 66.8 Å². The second kappa shape index (κ2) is 5.20. The molecule has 0 fully saturated rings. The zero-order chi connectivity index (χ0) is 7.98. The largest absolute Gasteiger partial charge is 0.411 e. The number of hydrogen-bond donors (Lipinski definition) is 2. The molecular weight excluding hydrogens is 136 g/mol. The highest BCUT2D eigenvalue weighted by Crippen LogP contribution is 1.96. The van der Waals surface area contributed by atoms with E-state index >= 15 is 0 Å². The van der Waals surface area contributed by atoms with Crippen molar-refractivity contribution < 1.29 is 19.7 Å². The molecule has 0 radical (unpaired) electrons. The maximum Gasteiger partial charge on any atom is 0.313 e. The van der Waals surface area contributed by atoms with E-state index in [1.165, 1.54) is 0 Å². The molecular formula is C6H12O4. The smallest absolute Gasteiger partial charge is 0.313 e. The lowest BCUT2D eigenvalue weighted by Crippen LogP contribution is -2.15. The quantitative estimate of drug-likeness (QED) is 0.434. The van der Waals surface area contributed by atoms with Gasteiger partial charge in [0.1, 0.15) is 0 Å². The van der Waals surface area contributed by atoms with Gasteiger partial charge in [0.15, 0.2) is 0 Å². The van der Waals surface area contributed by atoms with Gasteiger partial charge >= 0.3 is 12.4 Å². The molecule has 0 heterocycles. The Hall–Kier alpha value is -0.610. The first-order valence-corrected chi connectivity index (χ1v) is 3.22. The first-order chi connectivity index (χ1) is 4.66. The first kappa shape index (κ1) is 9.39. The van der Waals surface area contributed by atoms with Gasteiger partial charge in [0.25, 0.3) is 0 Å². The fourth-order valence-electron chi connectivity index (χ4n) is 0.498. The molecule has 0 bridgehead atoms. The fourth-order valence-corrected chi connectivity index (χ4v) is 0.498. The van der Waals surface area contributed by atoms with Gasteiger partial charge in [-0.05, 0) is 6.42 Å². The molecule has 60 valence electrons. The molecule has 0 saturated carbocycles. The number of carbonyl (C=O) groups excluding carboxylic acids is 1. The number of carbonyl (C=O) groups is 1. The Bertz CT molecular complexity index is 99.9. The van der Waals surface area contributed by atoms with E-state index in [1.54, 1.807) is 0 Å². The number of ether oxygens (including phenoxy) is 1. The van der Waals surface area contributed by atoms with Crippen LogP contribution in [0.5, 0.6) is 0 Å².